The van der Waals surface area contributed by atoms with Gasteiger partial charge < -0.3 is 9.13 Å². The highest BCUT2D eigenvalue weighted by molar-refractivity contribution is 6.12. The Balaban J connectivity index is 0.960. The molecule has 2 heteroatoms. The van der Waals surface area contributed by atoms with Gasteiger partial charge in [0.25, 0.3) is 0 Å². The molecule has 61 heavy (non-hydrogen) atoms. The van der Waals surface area contributed by atoms with Crippen LogP contribution in [0.25, 0.3) is 99.5 Å². The van der Waals surface area contributed by atoms with E-state index in [0.29, 0.717) is 0 Å². The van der Waals surface area contributed by atoms with Crippen LogP contribution in [0.15, 0.2) is 194 Å². The molecule has 2 heterocycles. The van der Waals surface area contributed by atoms with Gasteiger partial charge in [-0.2, -0.15) is 0 Å². The summed E-state index contributed by atoms with van der Waals surface area (Å²) in [4.78, 5) is 0. The molecule has 0 aliphatic heterocycles. The molecular weight excluding hydrogens is 737 g/mol. The highest BCUT2D eigenvalue weighted by atomic mass is 15.0. The smallest absolute Gasteiger partial charge is 0.0543 e. The first kappa shape index (κ1) is 36.6. The van der Waals surface area contributed by atoms with Crippen molar-refractivity contribution in [3.8, 4) is 55.9 Å². The summed E-state index contributed by atoms with van der Waals surface area (Å²) in [5.41, 5.74) is 22.4. The predicted octanol–water partition coefficient (Wildman–Crippen LogP) is 16.0. The topological polar surface area (TPSA) is 9.86 Å². The van der Waals surface area contributed by atoms with Crippen LogP contribution in [0, 0.1) is 20.8 Å². The second-order valence-corrected chi connectivity index (χ2v) is 16.7. The second-order valence-electron chi connectivity index (χ2n) is 16.7. The zero-order valence-electron chi connectivity index (χ0n) is 35.1. The molecule has 0 unspecified atom stereocenters. The van der Waals surface area contributed by atoms with Gasteiger partial charge in [-0.3, -0.25) is 0 Å². The van der Waals surface area contributed by atoms with Crippen LogP contribution >= 0.6 is 0 Å². The van der Waals surface area contributed by atoms with Crippen molar-refractivity contribution in [1.82, 2.24) is 9.13 Å². The summed E-state index contributed by atoms with van der Waals surface area (Å²) in [5, 5.41) is 5.10. The van der Waals surface area contributed by atoms with Crippen LogP contribution in [0.2, 0.25) is 0 Å². The van der Waals surface area contributed by atoms with E-state index in [9.17, 15) is 0 Å². The Bertz CT molecular complexity index is 3280. The van der Waals surface area contributed by atoms with Crippen LogP contribution in [0.1, 0.15) is 29.2 Å². The van der Waals surface area contributed by atoms with E-state index in [1.165, 1.54) is 116 Å². The second kappa shape index (κ2) is 14.7. The molecule has 11 rings (SSSR count). The number of nitrogens with zero attached hydrogens (tertiary/aromatic N) is 2. The van der Waals surface area contributed by atoms with Crippen molar-refractivity contribution < 1.29 is 0 Å². The van der Waals surface area contributed by atoms with Crippen LogP contribution < -0.4 is 0 Å². The van der Waals surface area contributed by atoms with E-state index in [4.69, 9.17) is 0 Å². The van der Waals surface area contributed by atoms with Crippen molar-refractivity contribution in [3.05, 3.63) is 216 Å². The molecule has 0 bridgehead atoms. The van der Waals surface area contributed by atoms with Gasteiger partial charge in [0.1, 0.15) is 0 Å². The van der Waals surface area contributed by atoms with Gasteiger partial charge in [-0.1, -0.05) is 140 Å². The summed E-state index contributed by atoms with van der Waals surface area (Å²) in [5.74, 6) is 0. The molecule has 2 nitrogen and oxygen atoms in total. The van der Waals surface area contributed by atoms with Gasteiger partial charge in [0, 0.05) is 32.9 Å². The SMILES string of the molecule is CCc1cc(-c2ccc(-n3c4cc(C)ccc4c4ccc(C)cc43)cc2)c(C)cc1-c1ccc(-n2c3ccc(-c4ccccc4)cc3c3cc(-c4ccccc4)ccc32)cc1. The fraction of sp³-hybridized carbons (Fsp3) is 0.0847. The van der Waals surface area contributed by atoms with Gasteiger partial charge in [0.15, 0.2) is 0 Å². The van der Waals surface area contributed by atoms with E-state index in [0.717, 1.165) is 12.1 Å². The van der Waals surface area contributed by atoms with Crippen molar-refractivity contribution in [2.24, 2.45) is 0 Å². The third kappa shape index (κ3) is 6.26. The summed E-state index contributed by atoms with van der Waals surface area (Å²) in [6.45, 7) is 8.88. The van der Waals surface area contributed by atoms with Crippen LogP contribution in [-0.2, 0) is 6.42 Å². The standard InChI is InChI=1S/C59H46N2/c1-5-41-35-52(44-18-24-49(25-19-44)61-58-32-38(2)16-28-50(58)51-29-17-39(3)33-59(51)61)40(4)34-53(41)45-20-26-48(27-21-45)60-56-30-22-46(42-12-8-6-9-13-42)36-54(56)55-37-47(23-31-57(55)60)43-14-10-7-11-15-43/h6-37H,5H2,1-4H3. The average molecular weight is 783 g/mol. The summed E-state index contributed by atoms with van der Waals surface area (Å²) in [7, 11) is 0. The van der Waals surface area contributed by atoms with Crippen LogP contribution in [0.4, 0.5) is 0 Å². The lowest BCUT2D eigenvalue weighted by molar-refractivity contribution is 1.14. The maximum atomic E-state index is 2.43. The third-order valence-electron chi connectivity index (χ3n) is 12.8. The number of benzene rings is 9. The maximum absolute atomic E-state index is 2.43. The van der Waals surface area contributed by atoms with Gasteiger partial charge in [0.05, 0.1) is 22.1 Å². The van der Waals surface area contributed by atoms with Crippen LogP contribution in [0.3, 0.4) is 0 Å². The molecule has 0 aliphatic rings. The molecule has 292 valence electrons. The number of hydrogen-bond donors (Lipinski definition) is 0. The summed E-state index contributed by atoms with van der Waals surface area (Å²) in [6.07, 6.45) is 0.947. The molecule has 9 aromatic carbocycles. The van der Waals surface area contributed by atoms with E-state index in [2.05, 4.69) is 231 Å². The van der Waals surface area contributed by atoms with E-state index in [1.54, 1.807) is 0 Å². The van der Waals surface area contributed by atoms with E-state index in [1.807, 2.05) is 0 Å². The maximum Gasteiger partial charge on any atom is 0.0543 e. The zero-order chi connectivity index (χ0) is 41.2. The number of aryl methyl sites for hydroxylation is 4. The fourth-order valence-corrected chi connectivity index (χ4v) is 9.64. The van der Waals surface area contributed by atoms with Crippen molar-refractivity contribution in [1.29, 1.82) is 0 Å². The first-order valence-corrected chi connectivity index (χ1v) is 21.5. The number of fused-ring (bicyclic) bond motifs is 6. The Morgan fingerprint density at radius 3 is 1.25 bits per heavy atom. The number of aromatic nitrogens is 2. The molecule has 2 aromatic heterocycles. The van der Waals surface area contributed by atoms with Crippen LogP contribution in [0.5, 0.6) is 0 Å². The Kier molecular flexibility index (Phi) is 8.83. The van der Waals surface area contributed by atoms with Gasteiger partial charge in [-0.15, -0.1) is 0 Å². The molecule has 0 radical (unpaired) electrons. The Morgan fingerprint density at radius 1 is 0.328 bits per heavy atom. The first-order chi connectivity index (χ1) is 29.9. The van der Waals surface area contributed by atoms with Crippen molar-refractivity contribution >= 4 is 43.6 Å². The van der Waals surface area contributed by atoms with E-state index >= 15 is 0 Å². The highest BCUT2D eigenvalue weighted by Crippen LogP contribution is 2.40. The molecule has 11 aromatic rings. The molecule has 0 atom stereocenters. The lowest BCUT2D eigenvalue weighted by atomic mass is 9.90. The van der Waals surface area contributed by atoms with Crippen molar-refractivity contribution in [3.63, 3.8) is 0 Å². The molecule has 0 fully saturated rings. The predicted molar refractivity (Wildman–Crippen MR) is 260 cm³/mol. The van der Waals surface area contributed by atoms with Gasteiger partial charge in [-0.05, 0) is 155 Å². The monoisotopic (exact) mass is 782 g/mol. The number of hydrogen-bond acceptors (Lipinski definition) is 0. The summed E-state index contributed by atoms with van der Waals surface area (Å²) in [6, 6.07) is 72.0. The first-order valence-electron chi connectivity index (χ1n) is 21.5. The lowest BCUT2D eigenvalue weighted by Gasteiger charge is -2.16. The number of rotatable bonds is 7. The normalized spacial score (nSPS) is 11.7. The van der Waals surface area contributed by atoms with Gasteiger partial charge in [0.2, 0.25) is 0 Å². The summed E-state index contributed by atoms with van der Waals surface area (Å²) < 4.78 is 4.85. The molecule has 0 spiro atoms. The van der Waals surface area contributed by atoms with Crippen LogP contribution in [-0.4, -0.2) is 9.13 Å². The molecule has 0 aliphatic carbocycles. The Hall–Kier alpha value is -7.42. The average Bonchev–Trinajstić information content (AvgIpc) is 3.80. The lowest BCUT2D eigenvalue weighted by Crippen LogP contribution is -1.97. The van der Waals surface area contributed by atoms with Crippen molar-refractivity contribution in [2.75, 3.05) is 0 Å². The largest absolute Gasteiger partial charge is 0.309 e. The minimum absolute atomic E-state index is 0.947. The minimum atomic E-state index is 0.947. The molecule has 0 amide bonds. The van der Waals surface area contributed by atoms with E-state index < -0.39 is 0 Å². The Morgan fingerprint density at radius 2 is 0.770 bits per heavy atom. The van der Waals surface area contributed by atoms with Gasteiger partial charge >= 0.3 is 0 Å². The van der Waals surface area contributed by atoms with Gasteiger partial charge in [-0.25, -0.2) is 0 Å². The molecule has 0 N–H and O–H groups in total. The molecule has 0 saturated heterocycles. The highest BCUT2D eigenvalue weighted by Gasteiger charge is 2.17. The molecule has 0 saturated carbocycles. The van der Waals surface area contributed by atoms with Crippen molar-refractivity contribution in [2.45, 2.75) is 34.1 Å². The summed E-state index contributed by atoms with van der Waals surface area (Å²) >= 11 is 0. The third-order valence-corrected chi connectivity index (χ3v) is 12.8. The minimum Gasteiger partial charge on any atom is -0.309 e. The zero-order valence-corrected chi connectivity index (χ0v) is 35.1. The molecular formula is C59H46N2. The fourth-order valence-electron chi connectivity index (χ4n) is 9.64. The van der Waals surface area contributed by atoms with E-state index in [-0.39, 0.29) is 0 Å². The quantitative estimate of drug-likeness (QED) is 0.152. The Labute approximate surface area is 357 Å².